The van der Waals surface area contributed by atoms with E-state index >= 15 is 0 Å². The number of aromatic nitrogens is 1. The Morgan fingerprint density at radius 1 is 1.35 bits per heavy atom. The Kier molecular flexibility index (Phi) is 4.45. The van der Waals surface area contributed by atoms with Crippen molar-refractivity contribution in [2.24, 2.45) is 0 Å². The van der Waals surface area contributed by atoms with Crippen molar-refractivity contribution in [2.45, 2.75) is 6.92 Å². The van der Waals surface area contributed by atoms with Gasteiger partial charge in [-0.2, -0.15) is 0 Å². The summed E-state index contributed by atoms with van der Waals surface area (Å²) < 4.78 is 5.86. The van der Waals surface area contributed by atoms with Crippen molar-refractivity contribution in [3.05, 3.63) is 58.8 Å². The Hall–Kier alpha value is -2.18. The first-order valence-corrected chi connectivity index (χ1v) is 8.15. The Labute approximate surface area is 144 Å². The fourth-order valence-electron chi connectivity index (χ4n) is 2.28. The van der Waals surface area contributed by atoms with Gasteiger partial charge in [0.1, 0.15) is 5.75 Å². The van der Waals surface area contributed by atoms with E-state index in [1.54, 1.807) is 25.6 Å². The molecule has 1 saturated heterocycles. The van der Waals surface area contributed by atoms with E-state index in [1.165, 1.54) is 16.7 Å². The number of anilines is 1. The summed E-state index contributed by atoms with van der Waals surface area (Å²) in [6.45, 7) is 2.00. The van der Waals surface area contributed by atoms with E-state index in [0.717, 1.165) is 16.9 Å². The van der Waals surface area contributed by atoms with Crippen LogP contribution < -0.4 is 9.64 Å². The molecular weight excluding hydrogens is 328 g/mol. The van der Waals surface area contributed by atoms with Crippen LogP contribution in [0.2, 0.25) is 0 Å². The average Bonchev–Trinajstić information content (AvgIpc) is 2.82. The van der Waals surface area contributed by atoms with E-state index in [4.69, 9.17) is 17.0 Å². The minimum Gasteiger partial charge on any atom is -0.496 e. The van der Waals surface area contributed by atoms with Crippen molar-refractivity contribution in [3.8, 4) is 5.75 Å². The van der Waals surface area contributed by atoms with Crippen molar-refractivity contribution in [3.63, 3.8) is 0 Å². The van der Waals surface area contributed by atoms with Gasteiger partial charge < -0.3 is 4.74 Å². The van der Waals surface area contributed by atoms with Crippen LogP contribution in [0, 0.1) is 6.92 Å². The summed E-state index contributed by atoms with van der Waals surface area (Å²) in [5, 5.41) is 0. The van der Waals surface area contributed by atoms with Crippen LogP contribution in [0.4, 0.5) is 5.69 Å². The Morgan fingerprint density at radius 3 is 2.87 bits per heavy atom. The van der Waals surface area contributed by atoms with Gasteiger partial charge in [0.15, 0.2) is 4.32 Å². The van der Waals surface area contributed by atoms with E-state index in [1.807, 2.05) is 37.3 Å². The average molecular weight is 342 g/mol. The summed E-state index contributed by atoms with van der Waals surface area (Å²) in [7, 11) is 1.61. The van der Waals surface area contributed by atoms with Crippen LogP contribution >= 0.6 is 24.0 Å². The molecule has 2 aromatic rings. The molecule has 4 nitrogen and oxygen atoms in total. The second-order valence-corrected chi connectivity index (χ2v) is 6.65. The number of pyridine rings is 1. The summed E-state index contributed by atoms with van der Waals surface area (Å²) in [6.07, 6.45) is 5.11. The summed E-state index contributed by atoms with van der Waals surface area (Å²) in [4.78, 5) is 18.8. The summed E-state index contributed by atoms with van der Waals surface area (Å²) in [5.41, 5.74) is 2.63. The molecule has 1 fully saturated rings. The van der Waals surface area contributed by atoms with Gasteiger partial charge in [-0.15, -0.1) is 0 Å². The lowest BCUT2D eigenvalue weighted by atomic mass is 10.1. The van der Waals surface area contributed by atoms with Gasteiger partial charge in [-0.1, -0.05) is 35.6 Å². The maximum absolute atomic E-state index is 12.7. The fourth-order valence-corrected chi connectivity index (χ4v) is 3.57. The molecule has 0 saturated carbocycles. The highest BCUT2D eigenvalue weighted by atomic mass is 32.2. The van der Waals surface area contributed by atoms with Gasteiger partial charge in [0, 0.05) is 11.8 Å². The predicted octanol–water partition coefficient (Wildman–Crippen LogP) is 3.80. The normalized spacial score (nSPS) is 16.3. The first-order chi connectivity index (χ1) is 11.1. The first kappa shape index (κ1) is 15.7. The molecule has 0 bridgehead atoms. The Balaban J connectivity index is 1.98. The van der Waals surface area contributed by atoms with Gasteiger partial charge in [-0.3, -0.25) is 14.7 Å². The number of carbonyl (C=O) groups excluding carboxylic acids is 1. The van der Waals surface area contributed by atoms with Gasteiger partial charge in [0.2, 0.25) is 0 Å². The smallest absolute Gasteiger partial charge is 0.270 e. The molecule has 0 N–H and O–H groups in total. The molecule has 0 unspecified atom stereocenters. The molecule has 1 aromatic heterocycles. The molecule has 0 spiro atoms. The van der Waals surface area contributed by atoms with E-state index in [0.29, 0.717) is 14.9 Å². The third kappa shape index (κ3) is 3.13. The van der Waals surface area contributed by atoms with Gasteiger partial charge in [0.25, 0.3) is 5.91 Å². The second-order valence-electron chi connectivity index (χ2n) is 4.97. The van der Waals surface area contributed by atoms with E-state index in [2.05, 4.69) is 4.98 Å². The monoisotopic (exact) mass is 342 g/mol. The molecule has 1 aromatic carbocycles. The zero-order valence-electron chi connectivity index (χ0n) is 12.6. The molecular formula is C17H14N2O2S2. The molecule has 116 valence electrons. The van der Waals surface area contributed by atoms with Crippen molar-refractivity contribution < 1.29 is 9.53 Å². The van der Waals surface area contributed by atoms with Crippen LogP contribution in [0.5, 0.6) is 5.75 Å². The van der Waals surface area contributed by atoms with E-state index < -0.39 is 0 Å². The topological polar surface area (TPSA) is 42.4 Å². The van der Waals surface area contributed by atoms with Crippen molar-refractivity contribution in [1.82, 2.24) is 4.98 Å². The number of nitrogens with zero attached hydrogens (tertiary/aromatic N) is 2. The van der Waals surface area contributed by atoms with Crippen molar-refractivity contribution in [2.75, 3.05) is 12.0 Å². The largest absolute Gasteiger partial charge is 0.496 e. The Bertz CT molecular complexity index is 803. The highest BCUT2D eigenvalue weighted by Crippen LogP contribution is 2.36. The molecule has 0 atom stereocenters. The lowest BCUT2D eigenvalue weighted by Gasteiger charge is -2.13. The molecule has 0 radical (unpaired) electrons. The van der Waals surface area contributed by atoms with Crippen LogP contribution in [-0.2, 0) is 4.79 Å². The molecule has 1 aliphatic heterocycles. The molecule has 23 heavy (non-hydrogen) atoms. The van der Waals surface area contributed by atoms with Gasteiger partial charge in [-0.25, -0.2) is 0 Å². The molecule has 0 aliphatic carbocycles. The minimum atomic E-state index is -0.142. The zero-order valence-corrected chi connectivity index (χ0v) is 14.3. The fraction of sp³-hybridized carbons (Fsp3) is 0.118. The van der Waals surface area contributed by atoms with Crippen LogP contribution in [0.25, 0.3) is 6.08 Å². The quantitative estimate of drug-likeness (QED) is 0.627. The predicted molar refractivity (Wildman–Crippen MR) is 97.6 cm³/mol. The lowest BCUT2D eigenvalue weighted by molar-refractivity contribution is -0.113. The first-order valence-electron chi connectivity index (χ1n) is 6.93. The molecule has 1 aliphatic rings. The SMILES string of the molecule is COc1ccc(C)cc1/C=C1\SC(=S)N(c2cccnc2)C1=O. The number of carbonyl (C=O) groups is 1. The highest BCUT2D eigenvalue weighted by Gasteiger charge is 2.33. The van der Waals surface area contributed by atoms with Gasteiger partial charge in [0.05, 0.1) is 23.9 Å². The maximum atomic E-state index is 12.7. The lowest BCUT2D eigenvalue weighted by Crippen LogP contribution is -2.27. The van der Waals surface area contributed by atoms with E-state index in [9.17, 15) is 4.79 Å². The number of thioether (sulfide) groups is 1. The van der Waals surface area contributed by atoms with Crippen LogP contribution in [0.3, 0.4) is 0 Å². The standard InChI is InChI=1S/C17H14N2O2S2/c1-11-5-6-14(21-2)12(8-11)9-15-16(20)19(17(22)23-15)13-4-3-7-18-10-13/h3-10H,1-2H3/b15-9-. The van der Waals surface area contributed by atoms with Crippen LogP contribution in [-0.4, -0.2) is 22.3 Å². The number of benzene rings is 1. The van der Waals surface area contributed by atoms with Crippen LogP contribution in [0.1, 0.15) is 11.1 Å². The number of hydrogen-bond donors (Lipinski definition) is 0. The van der Waals surface area contributed by atoms with E-state index in [-0.39, 0.29) is 5.91 Å². The summed E-state index contributed by atoms with van der Waals surface area (Å²) in [6, 6.07) is 9.44. The molecule has 1 amide bonds. The van der Waals surface area contributed by atoms with Gasteiger partial charge >= 0.3 is 0 Å². The molecule has 2 heterocycles. The number of thiocarbonyl (C=S) groups is 1. The van der Waals surface area contributed by atoms with Gasteiger partial charge in [-0.05, 0) is 37.3 Å². The Morgan fingerprint density at radius 2 is 2.17 bits per heavy atom. The third-order valence-corrected chi connectivity index (χ3v) is 4.67. The summed E-state index contributed by atoms with van der Waals surface area (Å²) in [5.74, 6) is 0.582. The van der Waals surface area contributed by atoms with Crippen molar-refractivity contribution >= 4 is 46.0 Å². The zero-order chi connectivity index (χ0) is 16.4. The molecule has 6 heteroatoms. The number of hydrogen-bond acceptors (Lipinski definition) is 5. The van der Waals surface area contributed by atoms with Crippen molar-refractivity contribution in [1.29, 1.82) is 0 Å². The van der Waals surface area contributed by atoms with Crippen LogP contribution in [0.15, 0.2) is 47.6 Å². The number of rotatable bonds is 3. The summed E-state index contributed by atoms with van der Waals surface area (Å²) >= 11 is 6.63. The molecule has 3 rings (SSSR count). The minimum absolute atomic E-state index is 0.142. The number of methoxy groups -OCH3 is 1. The highest BCUT2D eigenvalue weighted by molar-refractivity contribution is 8.27. The number of amides is 1. The third-order valence-electron chi connectivity index (χ3n) is 3.37. The second kappa shape index (κ2) is 6.52. The number of ether oxygens (including phenoxy) is 1. The maximum Gasteiger partial charge on any atom is 0.270 e. The number of aryl methyl sites for hydroxylation is 1.